The molecule has 0 unspecified atom stereocenters. The van der Waals surface area contributed by atoms with Crippen LogP contribution in [0.15, 0.2) is 48.5 Å². The Kier molecular flexibility index (Phi) is 8.79. The average Bonchev–Trinajstić information content (AvgIpc) is 3.08. The molecule has 0 aliphatic carbocycles. The van der Waals surface area contributed by atoms with Gasteiger partial charge in [-0.05, 0) is 49.6 Å². The summed E-state index contributed by atoms with van der Waals surface area (Å²) in [4.78, 5) is 50.7. The van der Waals surface area contributed by atoms with Crippen LogP contribution < -0.4 is 10.1 Å². The Morgan fingerprint density at radius 2 is 1.59 bits per heavy atom. The molecule has 2 aromatic rings. The number of methoxy groups -OCH3 is 1. The van der Waals surface area contributed by atoms with E-state index in [-0.39, 0.29) is 43.1 Å². The standard InChI is InChI=1S/C26H30N2O6/c1-3-34-24(30)17-22(18-12-14-19(33-2)15-13-18)27-23(29)11-5-4-8-16-28-25(31)20-9-6-7-10-21(20)26(28)32/h6-7,9-10,12-15,22H,3-5,8,11,16-17H2,1-2H3,(H,27,29)/t22-/m0/s1. The number of benzene rings is 2. The molecule has 0 bridgehead atoms. The van der Waals surface area contributed by atoms with Gasteiger partial charge in [0.05, 0.1) is 37.3 Å². The van der Waals surface area contributed by atoms with Crippen molar-refractivity contribution in [1.82, 2.24) is 10.2 Å². The lowest BCUT2D eigenvalue weighted by atomic mass is 10.0. The Morgan fingerprint density at radius 3 is 2.18 bits per heavy atom. The van der Waals surface area contributed by atoms with E-state index in [4.69, 9.17) is 9.47 Å². The molecule has 8 heteroatoms. The van der Waals surface area contributed by atoms with Crippen LogP contribution in [0.25, 0.3) is 0 Å². The molecular weight excluding hydrogens is 436 g/mol. The first-order valence-electron chi connectivity index (χ1n) is 11.5. The molecule has 3 amide bonds. The molecule has 1 aliphatic rings. The van der Waals surface area contributed by atoms with Gasteiger partial charge in [-0.3, -0.25) is 24.1 Å². The number of rotatable bonds is 12. The summed E-state index contributed by atoms with van der Waals surface area (Å²) in [5.41, 5.74) is 1.67. The molecule has 0 spiro atoms. The maximum atomic E-state index is 12.6. The maximum absolute atomic E-state index is 12.6. The molecule has 1 aliphatic heterocycles. The normalized spacial score (nSPS) is 13.4. The molecule has 34 heavy (non-hydrogen) atoms. The van der Waals surface area contributed by atoms with Crippen LogP contribution in [0.3, 0.4) is 0 Å². The highest BCUT2D eigenvalue weighted by molar-refractivity contribution is 6.21. The fourth-order valence-corrected chi connectivity index (χ4v) is 3.92. The van der Waals surface area contributed by atoms with E-state index in [9.17, 15) is 19.2 Å². The number of hydrogen-bond acceptors (Lipinski definition) is 6. The summed E-state index contributed by atoms with van der Waals surface area (Å²) in [6.45, 7) is 2.33. The van der Waals surface area contributed by atoms with Crippen molar-refractivity contribution >= 4 is 23.7 Å². The van der Waals surface area contributed by atoms with E-state index < -0.39 is 6.04 Å². The number of amides is 3. The third-order valence-electron chi connectivity index (χ3n) is 5.69. The lowest BCUT2D eigenvalue weighted by molar-refractivity contribution is -0.143. The molecular formula is C26H30N2O6. The second-order valence-electron chi connectivity index (χ2n) is 8.02. The minimum absolute atomic E-state index is 0.0334. The molecule has 2 aromatic carbocycles. The molecule has 0 saturated carbocycles. The van der Waals surface area contributed by atoms with Gasteiger partial charge in [0, 0.05) is 13.0 Å². The van der Waals surface area contributed by atoms with Gasteiger partial charge in [0.15, 0.2) is 0 Å². The minimum atomic E-state index is -0.504. The monoisotopic (exact) mass is 466 g/mol. The van der Waals surface area contributed by atoms with E-state index in [2.05, 4.69) is 5.32 Å². The lowest BCUT2D eigenvalue weighted by Gasteiger charge is -2.19. The van der Waals surface area contributed by atoms with E-state index in [1.54, 1.807) is 50.4 Å². The third kappa shape index (κ3) is 6.21. The van der Waals surface area contributed by atoms with Crippen molar-refractivity contribution < 1.29 is 28.7 Å². The largest absolute Gasteiger partial charge is 0.497 e. The van der Waals surface area contributed by atoms with Crippen LogP contribution >= 0.6 is 0 Å². The third-order valence-corrected chi connectivity index (χ3v) is 5.69. The highest BCUT2D eigenvalue weighted by Crippen LogP contribution is 2.23. The summed E-state index contributed by atoms with van der Waals surface area (Å²) in [5, 5.41) is 2.92. The predicted molar refractivity (Wildman–Crippen MR) is 125 cm³/mol. The van der Waals surface area contributed by atoms with E-state index in [0.29, 0.717) is 42.7 Å². The number of carbonyl (C=O) groups excluding carboxylic acids is 4. The van der Waals surface area contributed by atoms with Gasteiger partial charge >= 0.3 is 5.97 Å². The van der Waals surface area contributed by atoms with Gasteiger partial charge in [0.2, 0.25) is 5.91 Å². The molecule has 0 aromatic heterocycles. The van der Waals surface area contributed by atoms with Gasteiger partial charge in [0.25, 0.3) is 11.8 Å². The van der Waals surface area contributed by atoms with Crippen molar-refractivity contribution in [3.8, 4) is 5.75 Å². The maximum Gasteiger partial charge on any atom is 0.308 e. The quantitative estimate of drug-likeness (QED) is 0.291. The first-order chi connectivity index (χ1) is 16.4. The Labute approximate surface area is 199 Å². The number of ether oxygens (including phenoxy) is 2. The zero-order valence-electron chi connectivity index (χ0n) is 19.5. The van der Waals surface area contributed by atoms with Crippen LogP contribution in [0.1, 0.15) is 71.3 Å². The number of carbonyl (C=O) groups is 4. The SMILES string of the molecule is CCOC(=O)C[C@H](NC(=O)CCCCCN1C(=O)c2ccccc2C1=O)c1ccc(OC)cc1. The van der Waals surface area contributed by atoms with Crippen LogP contribution in [0.2, 0.25) is 0 Å². The second-order valence-corrected chi connectivity index (χ2v) is 8.02. The summed E-state index contributed by atoms with van der Waals surface area (Å²) < 4.78 is 10.2. The van der Waals surface area contributed by atoms with Crippen LogP contribution in [0.4, 0.5) is 0 Å². The summed E-state index contributed by atoms with van der Waals surface area (Å²) in [7, 11) is 1.57. The van der Waals surface area contributed by atoms with Crippen molar-refractivity contribution in [2.45, 2.75) is 45.1 Å². The van der Waals surface area contributed by atoms with Gasteiger partial charge in [-0.1, -0.05) is 30.7 Å². The van der Waals surface area contributed by atoms with Crippen molar-refractivity contribution in [2.24, 2.45) is 0 Å². The van der Waals surface area contributed by atoms with Gasteiger partial charge in [0.1, 0.15) is 5.75 Å². The molecule has 0 saturated heterocycles. The summed E-state index contributed by atoms with van der Waals surface area (Å²) in [6, 6.07) is 13.5. The zero-order chi connectivity index (χ0) is 24.5. The fraction of sp³-hybridized carbons (Fsp3) is 0.385. The summed E-state index contributed by atoms with van der Waals surface area (Å²) >= 11 is 0. The first-order valence-corrected chi connectivity index (χ1v) is 11.5. The average molecular weight is 467 g/mol. The van der Waals surface area contributed by atoms with Gasteiger partial charge in [-0.15, -0.1) is 0 Å². The van der Waals surface area contributed by atoms with Crippen LogP contribution in [0.5, 0.6) is 5.75 Å². The molecule has 180 valence electrons. The van der Waals surface area contributed by atoms with Crippen molar-refractivity contribution in [1.29, 1.82) is 0 Å². The molecule has 0 fully saturated rings. The fourth-order valence-electron chi connectivity index (χ4n) is 3.92. The smallest absolute Gasteiger partial charge is 0.308 e. The minimum Gasteiger partial charge on any atom is -0.497 e. The number of hydrogen-bond donors (Lipinski definition) is 1. The van der Waals surface area contributed by atoms with E-state index in [0.717, 1.165) is 5.56 Å². The topological polar surface area (TPSA) is 102 Å². The van der Waals surface area contributed by atoms with E-state index in [1.165, 1.54) is 4.90 Å². The number of esters is 1. The van der Waals surface area contributed by atoms with Gasteiger partial charge in [-0.2, -0.15) is 0 Å². The number of unbranched alkanes of at least 4 members (excludes halogenated alkanes) is 2. The Hall–Kier alpha value is -3.68. The van der Waals surface area contributed by atoms with Crippen molar-refractivity contribution in [3.05, 3.63) is 65.2 Å². The summed E-state index contributed by atoms with van der Waals surface area (Å²) in [6.07, 6.45) is 2.21. The van der Waals surface area contributed by atoms with Crippen LogP contribution in [-0.4, -0.2) is 48.9 Å². The number of nitrogens with zero attached hydrogens (tertiary/aromatic N) is 1. The van der Waals surface area contributed by atoms with E-state index in [1.807, 2.05) is 12.1 Å². The van der Waals surface area contributed by atoms with Crippen molar-refractivity contribution in [2.75, 3.05) is 20.3 Å². The molecule has 1 heterocycles. The molecule has 8 nitrogen and oxygen atoms in total. The van der Waals surface area contributed by atoms with Gasteiger partial charge in [-0.25, -0.2) is 0 Å². The lowest BCUT2D eigenvalue weighted by Crippen LogP contribution is -2.31. The van der Waals surface area contributed by atoms with E-state index >= 15 is 0 Å². The van der Waals surface area contributed by atoms with Crippen molar-refractivity contribution in [3.63, 3.8) is 0 Å². The Balaban J connectivity index is 1.46. The first kappa shape index (κ1) is 25.0. The van der Waals surface area contributed by atoms with Crippen LogP contribution in [0, 0.1) is 0 Å². The highest BCUT2D eigenvalue weighted by atomic mass is 16.5. The number of fused-ring (bicyclic) bond motifs is 1. The van der Waals surface area contributed by atoms with Crippen LogP contribution in [-0.2, 0) is 14.3 Å². The molecule has 3 rings (SSSR count). The Morgan fingerprint density at radius 1 is 0.941 bits per heavy atom. The Bertz CT molecular complexity index is 999. The number of imide groups is 1. The van der Waals surface area contributed by atoms with Gasteiger partial charge < -0.3 is 14.8 Å². The molecule has 1 N–H and O–H groups in total. The summed E-state index contributed by atoms with van der Waals surface area (Å²) in [5.74, 6) is -0.405. The zero-order valence-corrected chi connectivity index (χ0v) is 19.5. The number of nitrogens with one attached hydrogen (secondary N) is 1. The molecule has 0 radical (unpaired) electrons. The molecule has 1 atom stereocenters. The highest BCUT2D eigenvalue weighted by Gasteiger charge is 2.34. The second kappa shape index (κ2) is 12.0. The predicted octanol–water partition coefficient (Wildman–Crippen LogP) is 3.66.